The van der Waals surface area contributed by atoms with E-state index in [1.54, 1.807) is 0 Å². The van der Waals surface area contributed by atoms with E-state index in [-0.39, 0.29) is 25.8 Å². The quantitative estimate of drug-likeness (QED) is 0.0218. The topological polar surface area (TPSA) is 91.3 Å². The fraction of sp³-hybridized carbons (Fsp3) is 0.800. The van der Waals surface area contributed by atoms with Crippen LogP contribution in [0.3, 0.4) is 0 Å². The van der Waals surface area contributed by atoms with Gasteiger partial charge in [0.05, 0.1) is 34.4 Å². The number of likely N-dealkylation sites (N-methyl/N-ethyl adjacent to an activating group) is 1. The SMILES string of the molecule is CC/C=C\C/C=C\C/C=C\C/C=C\CCCCCCCCCCC(=O)OC(COCCCCCCCCCCCCC)COP(=O)(O)OCC[N+](C)(C)C. The predicted octanol–water partition coefficient (Wildman–Crippen LogP) is 12.8. The number of phosphoric acid groups is 1. The number of rotatable bonds is 40. The van der Waals surface area contributed by atoms with Crippen molar-refractivity contribution >= 4 is 13.8 Å². The molecular formula is C45H85NO7P+. The van der Waals surface area contributed by atoms with E-state index in [1.165, 1.54) is 89.9 Å². The summed E-state index contributed by atoms with van der Waals surface area (Å²) in [5.74, 6) is -0.323. The fourth-order valence-corrected chi connectivity index (χ4v) is 6.52. The van der Waals surface area contributed by atoms with Crippen molar-refractivity contribution < 1.29 is 37.3 Å². The number of allylic oxidation sites excluding steroid dienone is 8. The molecule has 0 aromatic rings. The van der Waals surface area contributed by atoms with Crippen LogP contribution >= 0.6 is 7.82 Å². The van der Waals surface area contributed by atoms with Crippen LogP contribution in [0.4, 0.5) is 0 Å². The number of nitrogens with zero attached hydrogens (tertiary/aromatic N) is 1. The van der Waals surface area contributed by atoms with Crippen LogP contribution in [0.15, 0.2) is 48.6 Å². The zero-order valence-corrected chi connectivity index (χ0v) is 36.6. The summed E-state index contributed by atoms with van der Waals surface area (Å²) in [4.78, 5) is 22.9. The van der Waals surface area contributed by atoms with Crippen molar-refractivity contribution in [2.24, 2.45) is 0 Å². The lowest BCUT2D eigenvalue weighted by Gasteiger charge is -2.24. The van der Waals surface area contributed by atoms with Gasteiger partial charge >= 0.3 is 13.8 Å². The number of ether oxygens (including phenoxy) is 2. The average molecular weight is 783 g/mol. The molecule has 0 saturated carbocycles. The van der Waals surface area contributed by atoms with Crippen LogP contribution in [0.1, 0.15) is 174 Å². The summed E-state index contributed by atoms with van der Waals surface area (Å²) in [5, 5.41) is 0. The first-order valence-electron chi connectivity index (χ1n) is 21.9. The highest BCUT2D eigenvalue weighted by atomic mass is 31.2. The molecule has 1 N–H and O–H groups in total. The number of carbonyl (C=O) groups is 1. The van der Waals surface area contributed by atoms with Crippen LogP contribution in [0.5, 0.6) is 0 Å². The molecule has 316 valence electrons. The molecule has 9 heteroatoms. The molecule has 0 fully saturated rings. The molecule has 0 radical (unpaired) electrons. The van der Waals surface area contributed by atoms with Crippen LogP contribution in [-0.4, -0.2) is 75.6 Å². The number of phosphoric ester groups is 1. The third-order valence-corrected chi connectivity index (χ3v) is 10.1. The van der Waals surface area contributed by atoms with Gasteiger partial charge in [0.1, 0.15) is 19.3 Å². The summed E-state index contributed by atoms with van der Waals surface area (Å²) >= 11 is 0. The Bertz CT molecular complexity index is 1000. The molecule has 0 aromatic carbocycles. The summed E-state index contributed by atoms with van der Waals surface area (Å²) < 4.78 is 34.9. The van der Waals surface area contributed by atoms with Crippen LogP contribution in [0.25, 0.3) is 0 Å². The van der Waals surface area contributed by atoms with Crippen molar-refractivity contribution in [2.75, 3.05) is 54.1 Å². The molecule has 2 unspecified atom stereocenters. The van der Waals surface area contributed by atoms with Crippen molar-refractivity contribution in [1.82, 2.24) is 0 Å². The standard InChI is InChI=1S/C45H84NO7P/c1-6-8-10-12-14-16-18-19-20-21-22-23-24-25-26-27-28-30-32-34-36-38-45(47)53-44(43-52-54(48,49)51-41-39-46(3,4)5)42-50-40-37-35-33-31-29-17-15-13-11-9-7-2/h8,10,14,16,19-20,22-23,44H,6-7,9,11-13,15,17-18,21,24-43H2,1-5H3/p+1/b10-8-,16-14-,20-19-,23-22-. The first kappa shape index (κ1) is 52.5. The molecule has 54 heavy (non-hydrogen) atoms. The lowest BCUT2D eigenvalue weighted by molar-refractivity contribution is -0.870. The second-order valence-corrected chi connectivity index (χ2v) is 17.2. The summed E-state index contributed by atoms with van der Waals surface area (Å²) in [6.45, 7) is 5.50. The molecule has 0 rings (SSSR count). The van der Waals surface area contributed by atoms with Crippen molar-refractivity contribution in [1.29, 1.82) is 0 Å². The monoisotopic (exact) mass is 783 g/mol. The van der Waals surface area contributed by atoms with Gasteiger partial charge in [-0.2, -0.15) is 0 Å². The fourth-order valence-electron chi connectivity index (χ4n) is 5.78. The molecule has 0 aromatic heterocycles. The zero-order valence-electron chi connectivity index (χ0n) is 35.7. The van der Waals surface area contributed by atoms with E-state index in [0.717, 1.165) is 64.2 Å². The van der Waals surface area contributed by atoms with Gasteiger partial charge < -0.3 is 18.9 Å². The predicted molar refractivity (Wildman–Crippen MR) is 229 cm³/mol. The number of unbranched alkanes of at least 4 members (excludes halogenated alkanes) is 18. The number of esters is 1. The molecule has 0 aliphatic rings. The summed E-state index contributed by atoms with van der Waals surface area (Å²) in [6.07, 6.45) is 45.7. The molecule has 2 atom stereocenters. The van der Waals surface area contributed by atoms with Gasteiger partial charge in [-0.1, -0.05) is 165 Å². The van der Waals surface area contributed by atoms with Crippen LogP contribution in [-0.2, 0) is 27.9 Å². The number of quaternary nitrogens is 1. The van der Waals surface area contributed by atoms with E-state index in [0.29, 0.717) is 24.1 Å². The summed E-state index contributed by atoms with van der Waals surface area (Å²) in [7, 11) is 1.66. The minimum atomic E-state index is -4.27. The van der Waals surface area contributed by atoms with E-state index < -0.39 is 13.9 Å². The van der Waals surface area contributed by atoms with Gasteiger partial charge in [-0.3, -0.25) is 13.8 Å². The largest absolute Gasteiger partial charge is 0.472 e. The highest BCUT2D eigenvalue weighted by Crippen LogP contribution is 2.43. The normalized spacial score (nSPS) is 14.3. The third kappa shape index (κ3) is 41.6. The Labute approximate surface area is 333 Å². The molecule has 0 aliphatic heterocycles. The Morgan fingerprint density at radius 1 is 0.593 bits per heavy atom. The minimum absolute atomic E-state index is 0.0864. The Morgan fingerprint density at radius 3 is 1.61 bits per heavy atom. The van der Waals surface area contributed by atoms with Gasteiger partial charge in [0.15, 0.2) is 0 Å². The number of hydrogen-bond acceptors (Lipinski definition) is 6. The van der Waals surface area contributed by atoms with E-state index in [4.69, 9.17) is 18.5 Å². The second kappa shape index (κ2) is 38.3. The van der Waals surface area contributed by atoms with Crippen LogP contribution < -0.4 is 0 Å². The Hall–Kier alpha value is -1.54. The lowest BCUT2D eigenvalue weighted by Crippen LogP contribution is -2.37. The molecular weight excluding hydrogens is 697 g/mol. The highest BCUT2D eigenvalue weighted by Gasteiger charge is 2.26. The average Bonchev–Trinajstić information content (AvgIpc) is 3.12. The van der Waals surface area contributed by atoms with E-state index in [1.807, 2.05) is 21.1 Å². The number of hydrogen-bond donors (Lipinski definition) is 1. The van der Waals surface area contributed by atoms with Crippen molar-refractivity contribution in [3.8, 4) is 0 Å². The van der Waals surface area contributed by atoms with Gasteiger partial charge in [0.25, 0.3) is 0 Å². The van der Waals surface area contributed by atoms with Gasteiger partial charge in [0.2, 0.25) is 0 Å². The van der Waals surface area contributed by atoms with E-state index in [2.05, 4.69) is 62.5 Å². The van der Waals surface area contributed by atoms with Gasteiger partial charge in [-0.15, -0.1) is 0 Å². The molecule has 0 saturated heterocycles. The molecule has 0 amide bonds. The summed E-state index contributed by atoms with van der Waals surface area (Å²) in [6, 6.07) is 0. The maximum atomic E-state index is 12.7. The van der Waals surface area contributed by atoms with E-state index in [9.17, 15) is 14.3 Å². The van der Waals surface area contributed by atoms with E-state index >= 15 is 0 Å². The van der Waals surface area contributed by atoms with Crippen molar-refractivity contribution in [3.05, 3.63) is 48.6 Å². The Kier molecular flexibility index (Phi) is 37.2. The Morgan fingerprint density at radius 2 is 1.07 bits per heavy atom. The maximum absolute atomic E-state index is 12.7. The van der Waals surface area contributed by atoms with Crippen LogP contribution in [0.2, 0.25) is 0 Å². The third-order valence-electron chi connectivity index (χ3n) is 9.15. The first-order valence-corrected chi connectivity index (χ1v) is 23.4. The molecule has 0 aliphatic carbocycles. The smallest absolute Gasteiger partial charge is 0.457 e. The number of carbonyl (C=O) groups excluding carboxylic acids is 1. The first-order chi connectivity index (χ1) is 26.1. The molecule has 0 bridgehead atoms. The molecule has 0 heterocycles. The lowest BCUT2D eigenvalue weighted by atomic mass is 10.1. The zero-order chi connectivity index (χ0) is 39.9. The maximum Gasteiger partial charge on any atom is 0.472 e. The van der Waals surface area contributed by atoms with Gasteiger partial charge in [-0.05, 0) is 51.4 Å². The minimum Gasteiger partial charge on any atom is -0.457 e. The van der Waals surface area contributed by atoms with Crippen molar-refractivity contribution in [2.45, 2.75) is 180 Å². The van der Waals surface area contributed by atoms with Gasteiger partial charge in [-0.25, -0.2) is 4.57 Å². The summed E-state index contributed by atoms with van der Waals surface area (Å²) in [5.41, 5.74) is 0. The highest BCUT2D eigenvalue weighted by molar-refractivity contribution is 7.47. The second-order valence-electron chi connectivity index (χ2n) is 15.7. The Balaban J connectivity index is 4.20. The van der Waals surface area contributed by atoms with Crippen LogP contribution in [0, 0.1) is 0 Å². The molecule has 8 nitrogen and oxygen atoms in total. The van der Waals surface area contributed by atoms with Crippen molar-refractivity contribution in [3.63, 3.8) is 0 Å². The molecule has 0 spiro atoms. The van der Waals surface area contributed by atoms with Gasteiger partial charge in [0, 0.05) is 13.0 Å².